The van der Waals surface area contributed by atoms with Crippen molar-refractivity contribution in [2.24, 2.45) is 0 Å². The molecule has 0 N–H and O–H groups in total. The van der Waals surface area contributed by atoms with Crippen molar-refractivity contribution in [1.29, 1.82) is 0 Å². The van der Waals surface area contributed by atoms with Crippen molar-refractivity contribution in [3.8, 4) is 29.9 Å². The largest absolute Gasteiger partial charge is 0.514 e. The van der Waals surface area contributed by atoms with Crippen LogP contribution in [0.1, 0.15) is 75.6 Å². The van der Waals surface area contributed by atoms with Gasteiger partial charge in [-0.25, -0.2) is 4.79 Å². The van der Waals surface area contributed by atoms with Gasteiger partial charge in [-0.05, 0) is 63.4 Å². The molecule has 2 aromatic carbocycles. The highest BCUT2D eigenvalue weighted by molar-refractivity contribution is 5.68. The smallest absolute Gasteiger partial charge is 0.428 e. The predicted octanol–water partition coefficient (Wildman–Crippen LogP) is 6.50. The topological polar surface area (TPSA) is 35.5 Å². The van der Waals surface area contributed by atoms with E-state index in [0.717, 1.165) is 48.8 Å². The Bertz CT molecular complexity index is 948. The molecule has 156 valence electrons. The number of hydrogen-bond acceptors (Lipinski definition) is 3. The quantitative estimate of drug-likeness (QED) is 0.239. The van der Waals surface area contributed by atoms with E-state index in [1.54, 1.807) is 26.8 Å². The third-order valence-electron chi connectivity index (χ3n) is 4.32. The van der Waals surface area contributed by atoms with E-state index >= 15 is 0 Å². The van der Waals surface area contributed by atoms with Crippen LogP contribution in [0.25, 0.3) is 0 Å². The number of hydrogen-bond donors (Lipinski definition) is 0. The molecule has 2 rings (SSSR count). The van der Waals surface area contributed by atoms with Gasteiger partial charge in [0.05, 0.1) is 5.56 Å². The van der Waals surface area contributed by atoms with Crippen molar-refractivity contribution in [3.63, 3.8) is 0 Å². The fourth-order valence-corrected chi connectivity index (χ4v) is 2.93. The van der Waals surface area contributed by atoms with Gasteiger partial charge in [-0.2, -0.15) is 0 Å². The monoisotopic (exact) mass is 402 g/mol. The average molecular weight is 403 g/mol. The fraction of sp³-hybridized carbons (Fsp3) is 0.370. The molecule has 0 aliphatic heterocycles. The second kappa shape index (κ2) is 11.1. The first-order chi connectivity index (χ1) is 14.3. The summed E-state index contributed by atoms with van der Waals surface area (Å²) in [7, 11) is 0. The van der Waals surface area contributed by atoms with Crippen LogP contribution >= 0.6 is 0 Å². The minimum absolute atomic E-state index is 0.433. The highest BCUT2D eigenvalue weighted by Gasteiger charge is 2.21. The zero-order valence-corrected chi connectivity index (χ0v) is 18.4. The maximum Gasteiger partial charge on any atom is 0.514 e. The Morgan fingerprint density at radius 2 is 1.73 bits per heavy atom. The Balaban J connectivity index is 2.44. The molecule has 0 aromatic heterocycles. The molecule has 0 atom stereocenters. The van der Waals surface area contributed by atoms with Gasteiger partial charge in [0.25, 0.3) is 0 Å². The molecule has 0 fully saturated rings. The van der Waals surface area contributed by atoms with E-state index in [0.29, 0.717) is 11.3 Å². The molecule has 0 unspecified atom stereocenters. The minimum Gasteiger partial charge on any atom is -0.428 e. The summed E-state index contributed by atoms with van der Waals surface area (Å²) in [5.41, 5.74) is 2.41. The van der Waals surface area contributed by atoms with Crippen LogP contribution in [0.15, 0.2) is 42.5 Å². The molecule has 3 heteroatoms. The lowest BCUT2D eigenvalue weighted by molar-refractivity contribution is 0.0203. The first kappa shape index (κ1) is 23.1. The average Bonchev–Trinajstić information content (AvgIpc) is 2.70. The van der Waals surface area contributed by atoms with Gasteiger partial charge in [0.1, 0.15) is 5.60 Å². The second-order valence-corrected chi connectivity index (χ2v) is 8.15. The normalized spacial score (nSPS) is 10.5. The summed E-state index contributed by atoms with van der Waals surface area (Å²) in [6, 6.07) is 13.3. The van der Waals surface area contributed by atoms with Crippen LogP contribution in [-0.2, 0) is 11.2 Å². The summed E-state index contributed by atoms with van der Waals surface area (Å²) in [4.78, 5) is 12.4. The molecule has 0 aliphatic carbocycles. The molecule has 30 heavy (non-hydrogen) atoms. The lowest BCUT2D eigenvalue weighted by atomic mass is 9.99. The van der Waals surface area contributed by atoms with Crippen LogP contribution in [0.3, 0.4) is 0 Å². The predicted molar refractivity (Wildman–Crippen MR) is 122 cm³/mol. The lowest BCUT2D eigenvalue weighted by Gasteiger charge is -2.20. The van der Waals surface area contributed by atoms with Crippen LogP contribution in [0, 0.1) is 24.2 Å². The van der Waals surface area contributed by atoms with Gasteiger partial charge in [0.2, 0.25) is 0 Å². The fourth-order valence-electron chi connectivity index (χ4n) is 2.93. The summed E-state index contributed by atoms with van der Waals surface area (Å²) < 4.78 is 11.0. The highest BCUT2D eigenvalue weighted by atomic mass is 16.7. The number of aryl methyl sites for hydroxylation is 1. The van der Waals surface area contributed by atoms with E-state index in [1.807, 2.05) is 36.4 Å². The first-order valence-electron chi connectivity index (χ1n) is 10.4. The molecule has 3 nitrogen and oxygen atoms in total. The minimum atomic E-state index is -0.742. The number of carbonyl (C=O) groups excluding carboxylic acids is 1. The van der Waals surface area contributed by atoms with Crippen LogP contribution in [0.5, 0.6) is 5.75 Å². The Morgan fingerprint density at radius 3 is 2.37 bits per heavy atom. The van der Waals surface area contributed by atoms with E-state index in [-0.39, 0.29) is 0 Å². The number of carbonyl (C=O) groups is 1. The van der Waals surface area contributed by atoms with Crippen molar-refractivity contribution < 1.29 is 14.3 Å². The van der Waals surface area contributed by atoms with Crippen molar-refractivity contribution in [1.82, 2.24) is 0 Å². The zero-order valence-electron chi connectivity index (χ0n) is 18.4. The molecule has 0 saturated heterocycles. The molecule has 0 radical (unpaired) electrons. The highest BCUT2D eigenvalue weighted by Crippen LogP contribution is 2.29. The number of terminal acetylenes is 1. The van der Waals surface area contributed by atoms with Crippen molar-refractivity contribution in [2.45, 2.75) is 65.4 Å². The van der Waals surface area contributed by atoms with Crippen molar-refractivity contribution >= 4 is 6.16 Å². The van der Waals surface area contributed by atoms with Crippen molar-refractivity contribution in [2.75, 3.05) is 0 Å². The van der Waals surface area contributed by atoms with E-state index in [1.165, 1.54) is 0 Å². The van der Waals surface area contributed by atoms with Gasteiger partial charge < -0.3 is 9.47 Å². The molecule has 0 bridgehead atoms. The molecule has 0 aliphatic rings. The molecule has 0 spiro atoms. The summed E-state index contributed by atoms with van der Waals surface area (Å²) in [5.74, 6) is 9.38. The van der Waals surface area contributed by atoms with E-state index in [2.05, 4.69) is 24.7 Å². The summed E-state index contributed by atoms with van der Waals surface area (Å²) in [6.45, 7) is 7.58. The third kappa shape index (κ3) is 7.69. The molecule has 0 amide bonds. The molecule has 2 aromatic rings. The second-order valence-electron chi connectivity index (χ2n) is 8.15. The van der Waals surface area contributed by atoms with Gasteiger partial charge >= 0.3 is 6.16 Å². The van der Waals surface area contributed by atoms with Gasteiger partial charge in [-0.1, -0.05) is 62.1 Å². The Hall–Kier alpha value is -3.17. The Morgan fingerprint density at radius 1 is 1.00 bits per heavy atom. The molecule has 0 heterocycles. The maximum absolute atomic E-state index is 12.4. The van der Waals surface area contributed by atoms with E-state index in [9.17, 15) is 4.79 Å². The number of ether oxygens (including phenoxy) is 2. The van der Waals surface area contributed by atoms with Gasteiger partial charge in [0.15, 0.2) is 5.75 Å². The van der Waals surface area contributed by atoms with Gasteiger partial charge in [-0.3, -0.25) is 0 Å². The Kier molecular flexibility index (Phi) is 8.57. The SMILES string of the molecule is C#Cc1cc(C#Cc2ccccc2)c(OC(=O)OC(C)(C)C)c(CCCCCC)c1. The van der Waals surface area contributed by atoms with Crippen molar-refractivity contribution in [3.05, 3.63) is 64.7 Å². The van der Waals surface area contributed by atoms with Crippen LogP contribution in [0.4, 0.5) is 4.79 Å². The number of unbranched alkanes of at least 4 members (excludes halogenated alkanes) is 3. The summed E-state index contributed by atoms with van der Waals surface area (Å²) in [6.07, 6.45) is 10.1. The number of rotatable bonds is 6. The molecule has 0 saturated carbocycles. The van der Waals surface area contributed by atoms with E-state index < -0.39 is 11.8 Å². The van der Waals surface area contributed by atoms with Crippen LogP contribution < -0.4 is 4.74 Å². The van der Waals surface area contributed by atoms with Crippen LogP contribution in [0.2, 0.25) is 0 Å². The summed E-state index contributed by atoms with van der Waals surface area (Å²) in [5, 5.41) is 0. The molecular formula is C27H30O3. The van der Waals surface area contributed by atoms with Gasteiger partial charge in [0, 0.05) is 11.1 Å². The lowest BCUT2D eigenvalue weighted by Crippen LogP contribution is -2.26. The van der Waals surface area contributed by atoms with Crippen LogP contribution in [-0.4, -0.2) is 11.8 Å². The van der Waals surface area contributed by atoms with Gasteiger partial charge in [-0.15, -0.1) is 6.42 Å². The first-order valence-corrected chi connectivity index (χ1v) is 10.4. The third-order valence-corrected chi connectivity index (χ3v) is 4.32. The Labute approximate surface area is 180 Å². The number of benzene rings is 2. The standard InChI is InChI=1S/C27H30O3/c1-6-8-9-13-16-23-19-21(7-2)20-24(18-17-22-14-11-10-12-15-22)25(23)29-26(28)30-27(3,4)5/h2,10-12,14-15,19-20H,6,8-9,13,16H2,1,3-5H3. The molecular weight excluding hydrogens is 372 g/mol. The maximum atomic E-state index is 12.4. The zero-order chi connectivity index (χ0) is 22.0. The summed E-state index contributed by atoms with van der Waals surface area (Å²) >= 11 is 0. The van der Waals surface area contributed by atoms with E-state index in [4.69, 9.17) is 15.9 Å².